The van der Waals surface area contributed by atoms with Gasteiger partial charge in [-0.2, -0.15) is 0 Å². The number of methoxy groups -OCH3 is 1. The molecule has 0 N–H and O–H groups in total. The molecule has 152 valence electrons. The summed E-state index contributed by atoms with van der Waals surface area (Å²) in [5.74, 6) is -0.656. The number of carbonyl (C=O) groups is 2. The van der Waals surface area contributed by atoms with Crippen molar-refractivity contribution in [2.45, 2.75) is 33.4 Å². The number of amides is 2. The van der Waals surface area contributed by atoms with Crippen LogP contribution < -0.4 is 0 Å². The van der Waals surface area contributed by atoms with Crippen LogP contribution in [0.5, 0.6) is 0 Å². The number of hydrogen-bond acceptors (Lipinski definition) is 4. The van der Waals surface area contributed by atoms with Gasteiger partial charge in [0.25, 0.3) is 0 Å². The highest BCUT2D eigenvalue weighted by atomic mass is 32.1. The fourth-order valence-electron chi connectivity index (χ4n) is 2.82. The first kappa shape index (κ1) is 22.0. The second kappa shape index (κ2) is 10.9. The summed E-state index contributed by atoms with van der Waals surface area (Å²) in [6, 6.07) is 8.15. The van der Waals surface area contributed by atoms with Gasteiger partial charge in [0.05, 0.1) is 13.1 Å². The number of ether oxygens (including phenoxy) is 1. The Labute approximate surface area is 169 Å². The van der Waals surface area contributed by atoms with Crippen molar-refractivity contribution in [1.82, 2.24) is 9.80 Å². The van der Waals surface area contributed by atoms with Gasteiger partial charge in [0, 0.05) is 25.1 Å². The quantitative estimate of drug-likeness (QED) is 0.606. The number of benzene rings is 1. The van der Waals surface area contributed by atoms with E-state index in [0.29, 0.717) is 19.6 Å². The lowest BCUT2D eigenvalue weighted by molar-refractivity contribution is -0.143. The zero-order valence-electron chi connectivity index (χ0n) is 16.6. The number of nitrogens with zero attached hydrogens (tertiary/aromatic N) is 2. The Morgan fingerprint density at radius 3 is 2.36 bits per heavy atom. The molecule has 7 heteroatoms. The number of halogens is 1. The van der Waals surface area contributed by atoms with E-state index in [4.69, 9.17) is 4.74 Å². The van der Waals surface area contributed by atoms with Crippen LogP contribution in [0.4, 0.5) is 4.39 Å². The van der Waals surface area contributed by atoms with E-state index >= 15 is 0 Å². The fraction of sp³-hybridized carbons (Fsp3) is 0.429. The molecule has 1 heterocycles. The van der Waals surface area contributed by atoms with E-state index < -0.39 is 0 Å². The zero-order chi connectivity index (χ0) is 20.5. The molecule has 0 saturated carbocycles. The highest BCUT2D eigenvalue weighted by molar-refractivity contribution is 7.10. The van der Waals surface area contributed by atoms with Crippen LogP contribution in [-0.2, 0) is 27.4 Å². The lowest BCUT2D eigenvalue weighted by atomic mass is 10.2. The molecule has 2 aromatic rings. The van der Waals surface area contributed by atoms with Crippen LogP contribution in [0.25, 0.3) is 0 Å². The van der Waals surface area contributed by atoms with Gasteiger partial charge in [-0.3, -0.25) is 9.59 Å². The first-order valence-corrected chi connectivity index (χ1v) is 10.1. The molecule has 2 rings (SSSR count). The molecular formula is C21H27FN2O3S. The Kier molecular flexibility index (Phi) is 8.60. The largest absolute Gasteiger partial charge is 0.375 e. The van der Waals surface area contributed by atoms with Gasteiger partial charge in [-0.25, -0.2) is 4.39 Å². The van der Waals surface area contributed by atoms with Crippen molar-refractivity contribution in [1.29, 1.82) is 0 Å². The van der Waals surface area contributed by atoms with Crippen molar-refractivity contribution in [3.63, 3.8) is 0 Å². The molecule has 0 fully saturated rings. The summed E-state index contributed by atoms with van der Waals surface area (Å²) in [6.45, 7) is 5.24. The van der Waals surface area contributed by atoms with E-state index in [1.165, 1.54) is 24.1 Å². The standard InChI is InChI=1S/C21H27FN2O3S/c1-4-10-23(21(26)15-27-3)14-20(25)24(13-19-16(2)9-11-28-19)12-17-5-7-18(22)8-6-17/h5-9,11H,4,10,12-15H2,1-3H3. The van der Waals surface area contributed by atoms with Crippen LogP contribution in [-0.4, -0.2) is 48.4 Å². The van der Waals surface area contributed by atoms with Crippen molar-refractivity contribution in [3.05, 3.63) is 57.5 Å². The summed E-state index contributed by atoms with van der Waals surface area (Å²) in [5, 5.41) is 2.00. The summed E-state index contributed by atoms with van der Waals surface area (Å²) in [5.41, 5.74) is 1.97. The van der Waals surface area contributed by atoms with E-state index in [9.17, 15) is 14.0 Å². The van der Waals surface area contributed by atoms with E-state index in [1.54, 1.807) is 28.4 Å². The zero-order valence-corrected chi connectivity index (χ0v) is 17.4. The topological polar surface area (TPSA) is 49.9 Å². The Bertz CT molecular complexity index is 776. The maximum Gasteiger partial charge on any atom is 0.249 e. The van der Waals surface area contributed by atoms with Crippen LogP contribution in [0.15, 0.2) is 35.7 Å². The molecule has 0 aliphatic carbocycles. The van der Waals surface area contributed by atoms with Crippen molar-refractivity contribution >= 4 is 23.2 Å². The number of aryl methyl sites for hydroxylation is 1. The minimum atomic E-state index is -0.310. The first-order chi connectivity index (χ1) is 13.4. The van der Waals surface area contributed by atoms with Crippen LogP contribution >= 0.6 is 11.3 Å². The van der Waals surface area contributed by atoms with Gasteiger partial charge in [0.15, 0.2) is 0 Å². The molecule has 2 amide bonds. The third kappa shape index (κ3) is 6.42. The predicted octanol–water partition coefficient (Wildman–Crippen LogP) is 3.61. The van der Waals surface area contributed by atoms with Crippen LogP contribution in [0.1, 0.15) is 29.3 Å². The molecule has 0 bridgehead atoms. The monoisotopic (exact) mass is 406 g/mol. The van der Waals surface area contributed by atoms with Crippen molar-refractivity contribution in [2.24, 2.45) is 0 Å². The third-order valence-electron chi connectivity index (χ3n) is 4.38. The van der Waals surface area contributed by atoms with Crippen molar-refractivity contribution in [2.75, 3.05) is 26.8 Å². The normalized spacial score (nSPS) is 10.7. The summed E-state index contributed by atoms with van der Waals surface area (Å²) < 4.78 is 18.2. The van der Waals surface area contributed by atoms with Crippen molar-refractivity contribution in [3.8, 4) is 0 Å². The highest BCUT2D eigenvalue weighted by Crippen LogP contribution is 2.20. The molecule has 0 saturated heterocycles. The molecule has 0 unspecified atom stereocenters. The second-order valence-corrected chi connectivity index (χ2v) is 7.65. The van der Waals surface area contributed by atoms with Crippen molar-refractivity contribution < 1.29 is 18.7 Å². The molecule has 0 radical (unpaired) electrons. The molecule has 28 heavy (non-hydrogen) atoms. The molecule has 0 atom stereocenters. The summed E-state index contributed by atoms with van der Waals surface area (Å²) in [4.78, 5) is 29.7. The number of carbonyl (C=O) groups excluding carboxylic acids is 2. The summed E-state index contributed by atoms with van der Waals surface area (Å²) >= 11 is 1.60. The molecule has 1 aromatic heterocycles. The highest BCUT2D eigenvalue weighted by Gasteiger charge is 2.22. The van der Waals surface area contributed by atoms with E-state index in [2.05, 4.69) is 0 Å². The smallest absolute Gasteiger partial charge is 0.249 e. The molecule has 0 aliphatic heterocycles. The maximum atomic E-state index is 13.2. The minimum absolute atomic E-state index is 0.00164. The molecular weight excluding hydrogens is 379 g/mol. The van der Waals surface area contributed by atoms with Crippen LogP contribution in [0.2, 0.25) is 0 Å². The Balaban J connectivity index is 2.18. The molecule has 0 spiro atoms. The van der Waals surface area contributed by atoms with E-state index in [0.717, 1.165) is 22.4 Å². The lowest BCUT2D eigenvalue weighted by Gasteiger charge is -2.27. The number of rotatable bonds is 10. The van der Waals surface area contributed by atoms with Gasteiger partial charge in [-0.05, 0) is 48.1 Å². The van der Waals surface area contributed by atoms with Gasteiger partial charge in [0.1, 0.15) is 12.4 Å². The minimum Gasteiger partial charge on any atom is -0.375 e. The average molecular weight is 407 g/mol. The molecule has 5 nitrogen and oxygen atoms in total. The van der Waals surface area contributed by atoms with Crippen LogP contribution in [0.3, 0.4) is 0 Å². The Morgan fingerprint density at radius 1 is 1.07 bits per heavy atom. The SMILES string of the molecule is CCCN(CC(=O)N(Cc1ccc(F)cc1)Cc1sccc1C)C(=O)COC. The van der Waals surface area contributed by atoms with Gasteiger partial charge >= 0.3 is 0 Å². The summed E-state index contributed by atoms with van der Waals surface area (Å²) in [7, 11) is 1.46. The maximum absolute atomic E-state index is 13.2. The Hall–Kier alpha value is -2.25. The second-order valence-electron chi connectivity index (χ2n) is 6.65. The van der Waals surface area contributed by atoms with Gasteiger partial charge in [0.2, 0.25) is 11.8 Å². The number of hydrogen-bond donors (Lipinski definition) is 0. The van der Waals surface area contributed by atoms with Gasteiger partial charge in [-0.1, -0.05) is 19.1 Å². The predicted molar refractivity (Wildman–Crippen MR) is 108 cm³/mol. The van der Waals surface area contributed by atoms with Gasteiger partial charge in [-0.15, -0.1) is 11.3 Å². The number of thiophene rings is 1. The third-order valence-corrected chi connectivity index (χ3v) is 5.39. The molecule has 1 aromatic carbocycles. The lowest BCUT2D eigenvalue weighted by Crippen LogP contribution is -2.44. The average Bonchev–Trinajstić information content (AvgIpc) is 3.07. The van der Waals surface area contributed by atoms with Crippen LogP contribution in [0, 0.1) is 12.7 Å². The van der Waals surface area contributed by atoms with E-state index in [-0.39, 0.29) is 30.8 Å². The Morgan fingerprint density at radius 2 is 1.79 bits per heavy atom. The summed E-state index contributed by atoms with van der Waals surface area (Å²) in [6.07, 6.45) is 0.755. The molecule has 0 aliphatic rings. The van der Waals surface area contributed by atoms with E-state index in [1.807, 2.05) is 25.3 Å². The fourth-order valence-corrected chi connectivity index (χ4v) is 3.74. The first-order valence-electron chi connectivity index (χ1n) is 9.26. The van der Waals surface area contributed by atoms with Gasteiger partial charge < -0.3 is 14.5 Å².